The maximum Gasteiger partial charge on any atom is 0.264 e. The zero-order valence-corrected chi connectivity index (χ0v) is 11.1. The largest absolute Gasteiger partial charge is 0.508 e. The van der Waals surface area contributed by atoms with E-state index in [4.69, 9.17) is 10.5 Å². The molecule has 0 spiro atoms. The summed E-state index contributed by atoms with van der Waals surface area (Å²) in [4.78, 5) is 13.5. The molecule has 20 heavy (non-hydrogen) atoms. The van der Waals surface area contributed by atoms with E-state index in [1.54, 1.807) is 43.4 Å². The molecule has 0 atom stereocenters. The summed E-state index contributed by atoms with van der Waals surface area (Å²) in [5.41, 5.74) is 6.90. The zero-order chi connectivity index (χ0) is 14.5. The van der Waals surface area contributed by atoms with Gasteiger partial charge in [0.05, 0.1) is 0 Å². The van der Waals surface area contributed by atoms with E-state index in [0.29, 0.717) is 17.1 Å². The van der Waals surface area contributed by atoms with Gasteiger partial charge in [0.25, 0.3) is 5.91 Å². The minimum atomic E-state index is -0.187. The monoisotopic (exact) mass is 272 g/mol. The molecule has 3 N–H and O–H groups in total. The van der Waals surface area contributed by atoms with Gasteiger partial charge in [-0.3, -0.25) is 4.79 Å². The minimum Gasteiger partial charge on any atom is -0.508 e. The number of amides is 1. The van der Waals surface area contributed by atoms with Gasteiger partial charge in [0.1, 0.15) is 11.5 Å². The summed E-state index contributed by atoms with van der Waals surface area (Å²) in [5, 5.41) is 9.21. The fraction of sp³-hybridized carbons (Fsp3) is 0.133. The Morgan fingerprint density at radius 1 is 1.15 bits per heavy atom. The van der Waals surface area contributed by atoms with Crippen LogP contribution in [0.5, 0.6) is 11.5 Å². The first kappa shape index (κ1) is 13.7. The Balaban J connectivity index is 1.94. The molecule has 0 saturated heterocycles. The number of phenolic OH excluding ortho intramolecular Hbond substituents is 1. The van der Waals surface area contributed by atoms with Crippen LogP contribution in [0, 0.1) is 0 Å². The number of likely N-dealkylation sites (N-methyl/N-ethyl adjacent to an activating group) is 1. The van der Waals surface area contributed by atoms with Crippen LogP contribution in [0.3, 0.4) is 0 Å². The molecule has 0 aromatic heterocycles. The summed E-state index contributed by atoms with van der Waals surface area (Å²) in [6.45, 7) is -0.0682. The minimum absolute atomic E-state index is 0.0682. The second-order valence-corrected chi connectivity index (χ2v) is 4.33. The van der Waals surface area contributed by atoms with Gasteiger partial charge in [0.15, 0.2) is 6.61 Å². The Labute approximate surface area is 117 Å². The van der Waals surface area contributed by atoms with Crippen LogP contribution < -0.4 is 15.4 Å². The van der Waals surface area contributed by atoms with Gasteiger partial charge in [-0.05, 0) is 48.5 Å². The highest BCUT2D eigenvalue weighted by atomic mass is 16.5. The first-order valence-electron chi connectivity index (χ1n) is 6.10. The molecule has 2 aromatic carbocycles. The van der Waals surface area contributed by atoms with E-state index in [0.717, 1.165) is 0 Å². The van der Waals surface area contributed by atoms with Crippen molar-refractivity contribution in [3.63, 3.8) is 0 Å². The Bertz CT molecular complexity index is 579. The molecule has 5 nitrogen and oxygen atoms in total. The number of ether oxygens (including phenoxy) is 1. The van der Waals surface area contributed by atoms with Gasteiger partial charge in [0, 0.05) is 18.4 Å². The highest BCUT2D eigenvalue weighted by Gasteiger charge is 2.11. The molecule has 2 rings (SSSR count). The van der Waals surface area contributed by atoms with E-state index in [-0.39, 0.29) is 18.3 Å². The number of hydrogen-bond acceptors (Lipinski definition) is 4. The molecule has 5 heteroatoms. The molecular weight excluding hydrogens is 256 g/mol. The van der Waals surface area contributed by atoms with Crippen molar-refractivity contribution in [1.82, 2.24) is 0 Å². The third-order valence-electron chi connectivity index (χ3n) is 2.85. The lowest BCUT2D eigenvalue weighted by molar-refractivity contribution is -0.120. The van der Waals surface area contributed by atoms with E-state index in [2.05, 4.69) is 0 Å². The topological polar surface area (TPSA) is 75.8 Å². The van der Waals surface area contributed by atoms with Crippen LogP contribution in [0.2, 0.25) is 0 Å². The fourth-order valence-electron chi connectivity index (χ4n) is 1.63. The molecule has 2 aromatic rings. The highest BCUT2D eigenvalue weighted by molar-refractivity contribution is 5.93. The SMILES string of the molecule is CN(C(=O)COc1ccc(N)cc1)c1ccc(O)cc1. The average molecular weight is 272 g/mol. The van der Waals surface area contributed by atoms with Crippen molar-refractivity contribution < 1.29 is 14.6 Å². The van der Waals surface area contributed by atoms with Crippen LogP contribution in [-0.4, -0.2) is 24.7 Å². The normalized spacial score (nSPS) is 10.1. The van der Waals surface area contributed by atoms with Gasteiger partial charge in [-0.2, -0.15) is 0 Å². The number of nitrogens with two attached hydrogens (primary N) is 1. The summed E-state index contributed by atoms with van der Waals surface area (Å²) < 4.78 is 5.39. The molecule has 0 aliphatic heterocycles. The number of hydrogen-bond donors (Lipinski definition) is 2. The Morgan fingerprint density at radius 2 is 1.75 bits per heavy atom. The van der Waals surface area contributed by atoms with Gasteiger partial charge >= 0.3 is 0 Å². The summed E-state index contributed by atoms with van der Waals surface area (Å²) in [5.74, 6) is 0.562. The molecule has 0 bridgehead atoms. The third-order valence-corrected chi connectivity index (χ3v) is 2.85. The van der Waals surface area contributed by atoms with Crippen LogP contribution in [0.25, 0.3) is 0 Å². The molecule has 0 fully saturated rings. The van der Waals surface area contributed by atoms with Crippen molar-refractivity contribution in [2.24, 2.45) is 0 Å². The third kappa shape index (κ3) is 3.41. The van der Waals surface area contributed by atoms with Crippen LogP contribution in [0.15, 0.2) is 48.5 Å². The second-order valence-electron chi connectivity index (χ2n) is 4.33. The molecule has 104 valence electrons. The number of phenols is 1. The maximum atomic E-state index is 12.0. The lowest BCUT2D eigenvalue weighted by Gasteiger charge is -2.17. The smallest absolute Gasteiger partial charge is 0.264 e. The quantitative estimate of drug-likeness (QED) is 0.835. The number of carbonyl (C=O) groups is 1. The van der Waals surface area contributed by atoms with Crippen LogP contribution >= 0.6 is 0 Å². The molecule has 0 heterocycles. The molecule has 0 aliphatic carbocycles. The molecule has 1 amide bonds. The van der Waals surface area contributed by atoms with Crippen molar-refractivity contribution in [1.29, 1.82) is 0 Å². The number of benzene rings is 2. The molecule has 0 saturated carbocycles. The summed E-state index contributed by atoms with van der Waals surface area (Å²) >= 11 is 0. The lowest BCUT2D eigenvalue weighted by Crippen LogP contribution is -2.31. The van der Waals surface area contributed by atoms with Gasteiger partial charge in [0.2, 0.25) is 0 Å². The number of anilines is 2. The van der Waals surface area contributed by atoms with E-state index >= 15 is 0 Å². The lowest BCUT2D eigenvalue weighted by atomic mass is 10.3. The highest BCUT2D eigenvalue weighted by Crippen LogP contribution is 2.18. The number of carbonyl (C=O) groups excluding carboxylic acids is 1. The van der Waals surface area contributed by atoms with Gasteiger partial charge in [-0.15, -0.1) is 0 Å². The van der Waals surface area contributed by atoms with E-state index < -0.39 is 0 Å². The maximum absolute atomic E-state index is 12.0. The average Bonchev–Trinajstić information content (AvgIpc) is 2.46. The molecule has 0 aliphatic rings. The number of nitrogen functional groups attached to an aromatic ring is 1. The van der Waals surface area contributed by atoms with Crippen molar-refractivity contribution in [2.75, 3.05) is 24.3 Å². The van der Waals surface area contributed by atoms with Gasteiger partial charge in [-0.25, -0.2) is 0 Å². The van der Waals surface area contributed by atoms with E-state index in [9.17, 15) is 9.90 Å². The Kier molecular flexibility index (Phi) is 4.10. The number of nitrogens with zero attached hydrogens (tertiary/aromatic N) is 1. The summed E-state index contributed by atoms with van der Waals surface area (Å²) in [7, 11) is 1.65. The molecular formula is C15H16N2O3. The Hall–Kier alpha value is -2.69. The summed E-state index contributed by atoms with van der Waals surface area (Å²) in [6.07, 6.45) is 0. The van der Waals surface area contributed by atoms with Crippen molar-refractivity contribution in [2.45, 2.75) is 0 Å². The second kappa shape index (κ2) is 5.97. The van der Waals surface area contributed by atoms with Crippen molar-refractivity contribution in [3.05, 3.63) is 48.5 Å². The van der Waals surface area contributed by atoms with E-state index in [1.165, 1.54) is 17.0 Å². The Morgan fingerprint density at radius 3 is 2.35 bits per heavy atom. The predicted octanol–water partition coefficient (Wildman–Crippen LogP) is 2.02. The predicted molar refractivity (Wildman–Crippen MR) is 77.9 cm³/mol. The number of aromatic hydroxyl groups is 1. The fourth-order valence-corrected chi connectivity index (χ4v) is 1.63. The zero-order valence-electron chi connectivity index (χ0n) is 11.1. The standard InChI is InChI=1S/C15H16N2O3/c1-17(12-4-6-13(18)7-5-12)15(19)10-20-14-8-2-11(16)3-9-14/h2-9,18H,10,16H2,1H3. The van der Waals surface area contributed by atoms with Crippen LogP contribution in [0.4, 0.5) is 11.4 Å². The molecule has 0 unspecified atom stereocenters. The molecule has 0 radical (unpaired) electrons. The van der Waals surface area contributed by atoms with Crippen molar-refractivity contribution in [3.8, 4) is 11.5 Å². The van der Waals surface area contributed by atoms with Gasteiger partial charge < -0.3 is 20.5 Å². The number of rotatable bonds is 4. The first-order valence-corrected chi connectivity index (χ1v) is 6.10. The van der Waals surface area contributed by atoms with Crippen molar-refractivity contribution >= 4 is 17.3 Å². The summed E-state index contributed by atoms with van der Waals surface area (Å²) in [6, 6.07) is 13.2. The van der Waals surface area contributed by atoms with Gasteiger partial charge in [-0.1, -0.05) is 0 Å². The van der Waals surface area contributed by atoms with E-state index in [1.807, 2.05) is 0 Å². The van der Waals surface area contributed by atoms with Crippen LogP contribution in [0.1, 0.15) is 0 Å². The first-order chi connectivity index (χ1) is 9.56. The van der Waals surface area contributed by atoms with Crippen LogP contribution in [-0.2, 0) is 4.79 Å².